The molecule has 4 rings (SSSR count). The monoisotopic (exact) mass is 420 g/mol. The highest BCUT2D eigenvalue weighted by Gasteiger charge is 2.14. The van der Waals surface area contributed by atoms with Crippen molar-refractivity contribution in [1.29, 1.82) is 0 Å². The molecule has 158 valence electrons. The summed E-state index contributed by atoms with van der Waals surface area (Å²) in [6.07, 6.45) is 4.53. The summed E-state index contributed by atoms with van der Waals surface area (Å²) in [5, 5.41) is 11.2. The lowest BCUT2D eigenvalue weighted by atomic mass is 10.1. The van der Waals surface area contributed by atoms with Crippen molar-refractivity contribution in [1.82, 2.24) is 30.2 Å². The van der Waals surface area contributed by atoms with E-state index in [0.29, 0.717) is 24.6 Å². The van der Waals surface area contributed by atoms with Crippen LogP contribution in [0.1, 0.15) is 29.9 Å². The van der Waals surface area contributed by atoms with Crippen LogP contribution in [-0.4, -0.2) is 30.8 Å². The minimum atomic E-state index is -0.290. The first-order chi connectivity index (χ1) is 15.1. The van der Waals surface area contributed by atoms with Gasteiger partial charge in [0.2, 0.25) is 11.8 Å². The first-order valence-corrected chi connectivity index (χ1v) is 9.90. The smallest absolute Gasteiger partial charge is 0.242 e. The Morgan fingerprint density at radius 2 is 1.94 bits per heavy atom. The lowest BCUT2D eigenvalue weighted by Gasteiger charge is -2.08. The third-order valence-corrected chi connectivity index (χ3v) is 4.69. The van der Waals surface area contributed by atoms with Crippen LogP contribution in [0.25, 0.3) is 11.3 Å². The molecule has 3 heterocycles. The minimum Gasteiger partial charge on any atom is -0.347 e. The predicted molar refractivity (Wildman–Crippen MR) is 110 cm³/mol. The van der Waals surface area contributed by atoms with Gasteiger partial charge in [-0.15, -0.1) is 0 Å². The Kier molecular flexibility index (Phi) is 6.11. The number of carbonyl (C=O) groups is 1. The number of pyridine rings is 1. The fourth-order valence-corrected chi connectivity index (χ4v) is 3.08. The Morgan fingerprint density at radius 1 is 1.16 bits per heavy atom. The van der Waals surface area contributed by atoms with E-state index in [2.05, 4.69) is 25.5 Å². The van der Waals surface area contributed by atoms with Crippen molar-refractivity contribution < 1.29 is 13.7 Å². The summed E-state index contributed by atoms with van der Waals surface area (Å²) in [4.78, 5) is 20.8. The fraction of sp³-hybridized carbons (Fsp3) is 0.227. The fourth-order valence-electron chi connectivity index (χ4n) is 3.08. The number of nitrogens with zero attached hydrogens (tertiary/aromatic N) is 5. The largest absolute Gasteiger partial charge is 0.347 e. The quantitative estimate of drug-likeness (QED) is 0.471. The van der Waals surface area contributed by atoms with Gasteiger partial charge < -0.3 is 9.84 Å². The summed E-state index contributed by atoms with van der Waals surface area (Å²) >= 11 is 0. The van der Waals surface area contributed by atoms with Crippen molar-refractivity contribution in [3.05, 3.63) is 83.6 Å². The van der Waals surface area contributed by atoms with Crippen LogP contribution < -0.4 is 5.32 Å². The maximum absolute atomic E-state index is 13.3. The van der Waals surface area contributed by atoms with Crippen molar-refractivity contribution in [2.75, 3.05) is 0 Å². The molecule has 0 bridgehead atoms. The molecule has 0 aliphatic heterocycles. The van der Waals surface area contributed by atoms with Gasteiger partial charge in [0.25, 0.3) is 0 Å². The van der Waals surface area contributed by atoms with Crippen LogP contribution in [0.2, 0.25) is 0 Å². The summed E-state index contributed by atoms with van der Waals surface area (Å²) in [6.45, 7) is 2.12. The molecule has 1 aromatic carbocycles. The van der Waals surface area contributed by atoms with Gasteiger partial charge in [-0.25, -0.2) is 4.39 Å². The Labute approximate surface area is 178 Å². The minimum absolute atomic E-state index is 0.0279. The van der Waals surface area contributed by atoms with Gasteiger partial charge in [0.15, 0.2) is 5.82 Å². The number of aryl methyl sites for hydroxylation is 1. The van der Waals surface area contributed by atoms with E-state index in [1.54, 1.807) is 29.2 Å². The Morgan fingerprint density at radius 3 is 2.65 bits per heavy atom. The van der Waals surface area contributed by atoms with E-state index in [1.807, 2.05) is 25.1 Å². The van der Waals surface area contributed by atoms with Crippen LogP contribution >= 0.6 is 0 Å². The molecule has 3 aromatic heterocycles. The Balaban J connectivity index is 1.51. The number of hydrogen-bond donors (Lipinski definition) is 1. The molecule has 0 spiro atoms. The molecule has 0 aliphatic carbocycles. The van der Waals surface area contributed by atoms with Crippen molar-refractivity contribution in [2.24, 2.45) is 0 Å². The van der Waals surface area contributed by atoms with Crippen molar-refractivity contribution in [2.45, 2.75) is 32.9 Å². The van der Waals surface area contributed by atoms with Gasteiger partial charge >= 0.3 is 0 Å². The second kappa shape index (κ2) is 9.29. The molecule has 0 fully saturated rings. The summed E-state index contributed by atoms with van der Waals surface area (Å²) in [6, 6.07) is 11.9. The number of hydrogen-bond acceptors (Lipinski definition) is 6. The molecule has 1 amide bonds. The third-order valence-electron chi connectivity index (χ3n) is 4.69. The number of carbonyl (C=O) groups excluding carboxylic acids is 1. The van der Waals surface area contributed by atoms with Crippen LogP contribution in [0, 0.1) is 5.82 Å². The average molecular weight is 420 g/mol. The van der Waals surface area contributed by atoms with Gasteiger partial charge in [0.05, 0.1) is 12.2 Å². The maximum atomic E-state index is 13.3. The lowest BCUT2D eigenvalue weighted by Crippen LogP contribution is -2.28. The molecule has 4 aromatic rings. The first kappa shape index (κ1) is 20.4. The highest BCUT2D eigenvalue weighted by molar-refractivity contribution is 5.75. The van der Waals surface area contributed by atoms with Gasteiger partial charge in [-0.05, 0) is 35.9 Å². The normalized spacial score (nSPS) is 10.9. The number of nitrogens with one attached hydrogen (secondary N) is 1. The number of benzene rings is 1. The van der Waals surface area contributed by atoms with E-state index in [9.17, 15) is 9.18 Å². The molecular formula is C22H21FN6O2. The SMILES string of the molecule is CCc1nc(CNC(=O)Cn2nc(-c3ccncc3)cc2Cc2ccc(F)cc2)no1. The first-order valence-electron chi connectivity index (χ1n) is 9.90. The molecular weight excluding hydrogens is 399 g/mol. The van der Waals surface area contributed by atoms with Gasteiger partial charge in [-0.1, -0.05) is 24.2 Å². The van der Waals surface area contributed by atoms with Gasteiger partial charge in [-0.3, -0.25) is 14.5 Å². The molecule has 0 aliphatic rings. The van der Waals surface area contributed by atoms with Gasteiger partial charge in [0.1, 0.15) is 12.4 Å². The number of rotatable bonds is 8. The molecule has 0 unspecified atom stereocenters. The summed E-state index contributed by atoms with van der Waals surface area (Å²) in [5.41, 5.74) is 3.39. The zero-order valence-corrected chi connectivity index (χ0v) is 17.0. The van der Waals surface area contributed by atoms with Crippen molar-refractivity contribution >= 4 is 5.91 Å². The van der Waals surface area contributed by atoms with Crippen LogP contribution in [0.3, 0.4) is 0 Å². The number of aromatic nitrogens is 5. The summed E-state index contributed by atoms with van der Waals surface area (Å²) in [5.74, 6) is 0.434. The van der Waals surface area contributed by atoms with E-state index in [0.717, 1.165) is 22.5 Å². The molecule has 9 heteroatoms. The van der Waals surface area contributed by atoms with E-state index < -0.39 is 0 Å². The Bertz CT molecular complexity index is 1150. The van der Waals surface area contributed by atoms with E-state index >= 15 is 0 Å². The van der Waals surface area contributed by atoms with Crippen LogP contribution in [0.4, 0.5) is 4.39 Å². The van der Waals surface area contributed by atoms with E-state index in [-0.39, 0.29) is 24.8 Å². The maximum Gasteiger partial charge on any atom is 0.242 e. The number of amides is 1. The lowest BCUT2D eigenvalue weighted by molar-refractivity contribution is -0.122. The van der Waals surface area contributed by atoms with Gasteiger partial charge in [-0.2, -0.15) is 10.1 Å². The summed E-state index contributed by atoms with van der Waals surface area (Å²) < 4.78 is 20.0. The van der Waals surface area contributed by atoms with Crippen LogP contribution in [0.5, 0.6) is 0 Å². The summed E-state index contributed by atoms with van der Waals surface area (Å²) in [7, 11) is 0. The zero-order chi connectivity index (χ0) is 21.6. The molecule has 8 nitrogen and oxygen atoms in total. The molecule has 31 heavy (non-hydrogen) atoms. The zero-order valence-electron chi connectivity index (χ0n) is 17.0. The Hall–Kier alpha value is -3.88. The molecule has 0 saturated carbocycles. The van der Waals surface area contributed by atoms with Crippen LogP contribution in [-0.2, 0) is 30.7 Å². The topological polar surface area (TPSA) is 98.7 Å². The van der Waals surface area contributed by atoms with Crippen molar-refractivity contribution in [3.63, 3.8) is 0 Å². The average Bonchev–Trinajstić information content (AvgIpc) is 3.41. The highest BCUT2D eigenvalue weighted by Crippen LogP contribution is 2.20. The van der Waals surface area contributed by atoms with E-state index in [4.69, 9.17) is 4.52 Å². The second-order valence-corrected chi connectivity index (χ2v) is 6.95. The molecule has 1 N–H and O–H groups in total. The molecule has 0 radical (unpaired) electrons. The predicted octanol–water partition coefficient (Wildman–Crippen LogP) is 2.94. The van der Waals surface area contributed by atoms with E-state index in [1.165, 1.54) is 12.1 Å². The number of halogens is 1. The molecule has 0 atom stereocenters. The third kappa shape index (κ3) is 5.19. The highest BCUT2D eigenvalue weighted by atomic mass is 19.1. The van der Waals surface area contributed by atoms with Gasteiger partial charge in [0, 0.05) is 36.5 Å². The second-order valence-electron chi connectivity index (χ2n) is 6.95. The standard InChI is InChI=1S/C22H21FN6O2/c1-2-22-26-20(28-31-22)13-25-21(30)14-29-18(11-15-3-5-17(23)6-4-15)12-19(27-29)16-7-9-24-10-8-16/h3-10,12H,2,11,13-14H2,1H3,(H,25,30). The van der Waals surface area contributed by atoms with Crippen molar-refractivity contribution in [3.8, 4) is 11.3 Å². The van der Waals surface area contributed by atoms with Crippen LogP contribution in [0.15, 0.2) is 59.4 Å². The molecule has 0 saturated heterocycles.